The molecule has 140 valence electrons. The Kier molecular flexibility index (Phi) is 4.75. The summed E-state index contributed by atoms with van der Waals surface area (Å²) in [6.07, 6.45) is 0.491. The molecule has 0 aliphatic carbocycles. The van der Waals surface area contributed by atoms with E-state index in [1.54, 1.807) is 13.2 Å². The Balaban J connectivity index is 1.87. The molecule has 0 saturated heterocycles. The summed E-state index contributed by atoms with van der Waals surface area (Å²) in [5, 5.41) is 10.9. The van der Waals surface area contributed by atoms with E-state index >= 15 is 0 Å². The third-order valence-corrected chi connectivity index (χ3v) is 4.88. The second kappa shape index (κ2) is 7.37. The molecule has 4 rings (SSSR count). The topological polar surface area (TPSA) is 75.2 Å². The van der Waals surface area contributed by atoms with Gasteiger partial charge in [0.25, 0.3) is 0 Å². The van der Waals surface area contributed by atoms with Gasteiger partial charge in [-0.2, -0.15) is 0 Å². The Morgan fingerprint density at radius 1 is 1.14 bits per heavy atom. The van der Waals surface area contributed by atoms with E-state index < -0.39 is 5.97 Å². The first-order valence-electron chi connectivity index (χ1n) is 8.69. The zero-order valence-electron chi connectivity index (χ0n) is 15.1. The third-order valence-electron chi connectivity index (χ3n) is 4.63. The second-order valence-electron chi connectivity index (χ2n) is 6.39. The second-order valence-corrected chi connectivity index (χ2v) is 6.83. The van der Waals surface area contributed by atoms with Crippen LogP contribution in [0.15, 0.2) is 60.7 Å². The van der Waals surface area contributed by atoms with Gasteiger partial charge < -0.3 is 14.8 Å². The minimum Gasteiger partial charge on any atom is -0.497 e. The number of methoxy groups -OCH3 is 1. The minimum absolute atomic E-state index is 0.0343. The van der Waals surface area contributed by atoms with Crippen molar-refractivity contribution in [3.05, 3.63) is 82.6 Å². The molecule has 0 fully saturated rings. The molecular formula is C22H17ClN2O3. The summed E-state index contributed by atoms with van der Waals surface area (Å²) < 4.78 is 5.34. The SMILES string of the molecule is COc1ccc2c(Cc3cccc(C(=O)O)n3)c(-c3ccc(Cl)cc3)[nH]c2c1. The normalized spacial score (nSPS) is 10.9. The molecule has 0 atom stereocenters. The summed E-state index contributed by atoms with van der Waals surface area (Å²) in [6.45, 7) is 0. The van der Waals surface area contributed by atoms with Crippen molar-refractivity contribution in [3.63, 3.8) is 0 Å². The highest BCUT2D eigenvalue weighted by atomic mass is 35.5. The van der Waals surface area contributed by atoms with Crippen molar-refractivity contribution >= 4 is 28.5 Å². The molecule has 0 radical (unpaired) electrons. The number of hydrogen-bond acceptors (Lipinski definition) is 3. The largest absolute Gasteiger partial charge is 0.497 e. The number of hydrogen-bond donors (Lipinski definition) is 2. The minimum atomic E-state index is -1.04. The van der Waals surface area contributed by atoms with Crippen LogP contribution in [0.2, 0.25) is 5.02 Å². The summed E-state index contributed by atoms with van der Waals surface area (Å²) in [7, 11) is 1.63. The van der Waals surface area contributed by atoms with Crippen molar-refractivity contribution in [1.29, 1.82) is 0 Å². The summed E-state index contributed by atoms with van der Waals surface area (Å²) in [5.74, 6) is -0.280. The Morgan fingerprint density at radius 2 is 1.93 bits per heavy atom. The van der Waals surface area contributed by atoms with E-state index in [0.717, 1.165) is 33.5 Å². The molecule has 5 nitrogen and oxygen atoms in total. The van der Waals surface area contributed by atoms with E-state index in [1.807, 2.05) is 48.5 Å². The number of halogens is 1. The molecule has 2 N–H and O–H groups in total. The van der Waals surface area contributed by atoms with Gasteiger partial charge in [-0.15, -0.1) is 0 Å². The lowest BCUT2D eigenvalue weighted by Gasteiger charge is -2.07. The van der Waals surface area contributed by atoms with Crippen LogP contribution in [0.3, 0.4) is 0 Å². The summed E-state index contributed by atoms with van der Waals surface area (Å²) >= 11 is 6.04. The molecule has 2 aromatic carbocycles. The lowest BCUT2D eigenvalue weighted by Crippen LogP contribution is -2.03. The monoisotopic (exact) mass is 392 g/mol. The van der Waals surface area contributed by atoms with Crippen LogP contribution in [0.25, 0.3) is 22.2 Å². The molecule has 0 amide bonds. The Hall–Kier alpha value is -3.31. The van der Waals surface area contributed by atoms with Gasteiger partial charge in [0.15, 0.2) is 0 Å². The van der Waals surface area contributed by atoms with Gasteiger partial charge in [0.1, 0.15) is 11.4 Å². The first-order chi connectivity index (χ1) is 13.5. The molecule has 0 saturated carbocycles. The predicted molar refractivity (Wildman–Crippen MR) is 109 cm³/mol. The fourth-order valence-electron chi connectivity index (χ4n) is 3.29. The van der Waals surface area contributed by atoms with Crippen LogP contribution >= 0.6 is 11.6 Å². The first-order valence-corrected chi connectivity index (χ1v) is 9.06. The molecule has 2 heterocycles. The van der Waals surface area contributed by atoms with Gasteiger partial charge in [0.2, 0.25) is 0 Å². The maximum atomic E-state index is 11.3. The number of rotatable bonds is 5. The van der Waals surface area contributed by atoms with Gasteiger partial charge in [0.05, 0.1) is 12.8 Å². The van der Waals surface area contributed by atoms with Gasteiger partial charge >= 0.3 is 5.97 Å². The molecule has 0 spiro atoms. The fraction of sp³-hybridized carbons (Fsp3) is 0.0909. The van der Waals surface area contributed by atoms with Crippen molar-refractivity contribution in [3.8, 4) is 17.0 Å². The van der Waals surface area contributed by atoms with Crippen LogP contribution in [-0.2, 0) is 6.42 Å². The maximum Gasteiger partial charge on any atom is 0.354 e. The van der Waals surface area contributed by atoms with Crippen LogP contribution in [0.4, 0.5) is 0 Å². The summed E-state index contributed by atoms with van der Waals surface area (Å²) in [5.41, 5.74) is 4.63. The molecule has 0 bridgehead atoms. The average Bonchev–Trinajstić information content (AvgIpc) is 3.06. The van der Waals surface area contributed by atoms with E-state index in [0.29, 0.717) is 17.1 Å². The molecule has 0 aliphatic rings. The fourth-order valence-corrected chi connectivity index (χ4v) is 3.41. The highest BCUT2D eigenvalue weighted by Crippen LogP contribution is 2.34. The predicted octanol–water partition coefficient (Wildman–Crippen LogP) is 5.18. The van der Waals surface area contributed by atoms with Gasteiger partial charge in [-0.1, -0.05) is 29.8 Å². The molecule has 0 aliphatic heterocycles. The van der Waals surface area contributed by atoms with Gasteiger partial charge in [-0.3, -0.25) is 0 Å². The summed E-state index contributed by atoms with van der Waals surface area (Å²) in [6, 6.07) is 18.5. The van der Waals surface area contributed by atoms with Crippen molar-refractivity contribution in [1.82, 2.24) is 9.97 Å². The number of H-pyrrole nitrogens is 1. The lowest BCUT2D eigenvalue weighted by atomic mass is 10.0. The molecule has 28 heavy (non-hydrogen) atoms. The van der Waals surface area contributed by atoms with Crippen LogP contribution in [0, 0.1) is 0 Å². The smallest absolute Gasteiger partial charge is 0.354 e. The van der Waals surface area contributed by atoms with E-state index in [2.05, 4.69) is 9.97 Å². The number of nitrogens with one attached hydrogen (secondary N) is 1. The van der Waals surface area contributed by atoms with Gasteiger partial charge in [-0.25, -0.2) is 9.78 Å². The van der Waals surface area contributed by atoms with Crippen LogP contribution in [-0.4, -0.2) is 28.2 Å². The zero-order valence-corrected chi connectivity index (χ0v) is 15.8. The number of aromatic amines is 1. The number of fused-ring (bicyclic) bond motifs is 1. The Bertz CT molecular complexity index is 1170. The van der Waals surface area contributed by atoms with Crippen molar-refractivity contribution in [2.75, 3.05) is 7.11 Å². The van der Waals surface area contributed by atoms with Gasteiger partial charge in [0, 0.05) is 34.1 Å². The number of ether oxygens (including phenoxy) is 1. The number of nitrogens with zero attached hydrogens (tertiary/aromatic N) is 1. The van der Waals surface area contributed by atoms with Crippen molar-refractivity contribution < 1.29 is 14.6 Å². The Labute approximate surface area is 166 Å². The number of benzene rings is 2. The molecular weight excluding hydrogens is 376 g/mol. The number of pyridine rings is 1. The highest BCUT2D eigenvalue weighted by molar-refractivity contribution is 6.30. The zero-order chi connectivity index (χ0) is 19.7. The highest BCUT2D eigenvalue weighted by Gasteiger charge is 2.16. The number of aromatic carboxylic acids is 1. The Morgan fingerprint density at radius 3 is 2.64 bits per heavy atom. The number of carbonyl (C=O) groups is 1. The van der Waals surface area contributed by atoms with Crippen molar-refractivity contribution in [2.24, 2.45) is 0 Å². The number of aromatic nitrogens is 2. The van der Waals surface area contributed by atoms with Crippen LogP contribution in [0.5, 0.6) is 5.75 Å². The average molecular weight is 393 g/mol. The van der Waals surface area contributed by atoms with Crippen molar-refractivity contribution in [2.45, 2.75) is 6.42 Å². The first kappa shape index (κ1) is 18.1. The molecule has 6 heteroatoms. The van der Waals surface area contributed by atoms with E-state index in [-0.39, 0.29) is 5.69 Å². The van der Waals surface area contributed by atoms with E-state index in [9.17, 15) is 9.90 Å². The van der Waals surface area contributed by atoms with Gasteiger partial charge in [-0.05, 0) is 47.5 Å². The molecule has 4 aromatic rings. The molecule has 2 aromatic heterocycles. The summed E-state index contributed by atoms with van der Waals surface area (Å²) in [4.78, 5) is 19.0. The quantitative estimate of drug-likeness (QED) is 0.490. The van der Waals surface area contributed by atoms with Crippen LogP contribution in [0.1, 0.15) is 21.7 Å². The third kappa shape index (κ3) is 3.44. The van der Waals surface area contributed by atoms with E-state index in [4.69, 9.17) is 16.3 Å². The van der Waals surface area contributed by atoms with E-state index in [1.165, 1.54) is 6.07 Å². The number of carboxylic acids is 1. The lowest BCUT2D eigenvalue weighted by molar-refractivity contribution is 0.0690. The maximum absolute atomic E-state index is 11.3. The van der Waals surface area contributed by atoms with Crippen LogP contribution < -0.4 is 4.74 Å². The molecule has 0 unspecified atom stereocenters. The standard InChI is InChI=1S/C22H17ClN2O3/c1-28-16-9-10-17-18(11-15-3-2-4-19(24-15)22(26)27)21(25-20(17)12-16)13-5-7-14(23)8-6-13/h2-10,12,25H,11H2,1H3,(H,26,27). The number of carboxylic acid groups (broad SMARTS) is 1.